The Morgan fingerprint density at radius 1 is 1.42 bits per heavy atom. The lowest BCUT2D eigenvalue weighted by atomic mass is 10.1. The van der Waals surface area contributed by atoms with Gasteiger partial charge in [-0.15, -0.1) is 11.3 Å². The summed E-state index contributed by atoms with van der Waals surface area (Å²) in [6.07, 6.45) is -3.99. The Bertz CT molecular complexity index is 716. The Hall–Kier alpha value is -2.13. The molecule has 1 aromatic carbocycles. The minimum Gasteiger partial charge on any atom is -0.497 e. The van der Waals surface area contributed by atoms with E-state index in [9.17, 15) is 18.0 Å². The van der Waals surface area contributed by atoms with Gasteiger partial charge in [0, 0.05) is 18.3 Å². The van der Waals surface area contributed by atoms with Crippen LogP contribution < -0.4 is 15.8 Å². The molecule has 24 heavy (non-hydrogen) atoms. The van der Waals surface area contributed by atoms with Crippen molar-refractivity contribution in [1.29, 1.82) is 0 Å². The third-order valence-electron chi connectivity index (χ3n) is 3.20. The molecule has 9 heteroatoms. The van der Waals surface area contributed by atoms with Crippen LogP contribution in [0, 0.1) is 0 Å². The number of methoxy groups -OCH3 is 1. The Morgan fingerprint density at radius 3 is 2.79 bits per heavy atom. The normalized spacial score (nSPS) is 11.4. The molecule has 1 aromatic heterocycles. The number of amides is 1. The molecule has 0 saturated carbocycles. The summed E-state index contributed by atoms with van der Waals surface area (Å²) in [7, 11) is 1.29. The number of thiazole rings is 1. The van der Waals surface area contributed by atoms with Gasteiger partial charge in [-0.3, -0.25) is 4.79 Å². The molecule has 0 unspecified atom stereocenters. The zero-order chi connectivity index (χ0) is 17.7. The molecule has 2 aromatic rings. The van der Waals surface area contributed by atoms with E-state index in [1.807, 2.05) is 0 Å². The fraction of sp³-hybridized carbons (Fsp3) is 0.333. The molecule has 2 rings (SSSR count). The van der Waals surface area contributed by atoms with Gasteiger partial charge in [0.25, 0.3) is 5.91 Å². The van der Waals surface area contributed by atoms with Crippen molar-refractivity contribution in [2.24, 2.45) is 5.73 Å². The second-order valence-corrected chi connectivity index (χ2v) is 5.81. The van der Waals surface area contributed by atoms with Crippen molar-refractivity contribution in [3.8, 4) is 5.75 Å². The van der Waals surface area contributed by atoms with Crippen LogP contribution in [-0.2, 0) is 19.1 Å². The summed E-state index contributed by atoms with van der Waals surface area (Å²) in [5, 5.41) is 4.72. The number of ether oxygens (including phenoxy) is 1. The summed E-state index contributed by atoms with van der Waals surface area (Å²) in [4.78, 5) is 16.1. The maximum Gasteiger partial charge on any atom is 0.416 e. The van der Waals surface area contributed by atoms with Gasteiger partial charge in [-0.05, 0) is 24.2 Å². The average Bonchev–Trinajstić information content (AvgIpc) is 3.00. The van der Waals surface area contributed by atoms with Crippen LogP contribution in [-0.4, -0.2) is 24.5 Å². The first-order valence-electron chi connectivity index (χ1n) is 7.02. The molecule has 0 spiro atoms. The Morgan fingerprint density at radius 2 is 2.17 bits per heavy atom. The number of alkyl halides is 3. The minimum absolute atomic E-state index is 0.0472. The van der Waals surface area contributed by atoms with Crippen molar-refractivity contribution in [2.45, 2.75) is 19.1 Å². The summed E-state index contributed by atoms with van der Waals surface area (Å²) in [5.74, 6) is -0.429. The van der Waals surface area contributed by atoms with Crippen LogP contribution in [0.25, 0.3) is 0 Å². The van der Waals surface area contributed by atoms with Gasteiger partial charge in [0.2, 0.25) is 0 Å². The number of nitrogens with two attached hydrogens (primary N) is 1. The zero-order valence-corrected chi connectivity index (χ0v) is 13.6. The highest BCUT2D eigenvalue weighted by Crippen LogP contribution is 2.34. The first-order valence-corrected chi connectivity index (χ1v) is 7.90. The predicted octanol–water partition coefficient (Wildman–Crippen LogP) is 2.60. The molecule has 0 aliphatic heterocycles. The molecule has 0 radical (unpaired) electrons. The van der Waals surface area contributed by atoms with Crippen LogP contribution in [0.4, 0.5) is 13.2 Å². The summed E-state index contributed by atoms with van der Waals surface area (Å²) >= 11 is 1.29. The van der Waals surface area contributed by atoms with Gasteiger partial charge in [0.05, 0.1) is 17.7 Å². The number of hydrogen-bond donors (Lipinski definition) is 2. The van der Waals surface area contributed by atoms with E-state index in [1.54, 1.807) is 5.38 Å². The number of carbonyl (C=O) groups excluding carboxylic acids is 1. The molecule has 0 aliphatic carbocycles. The van der Waals surface area contributed by atoms with E-state index >= 15 is 0 Å². The summed E-state index contributed by atoms with van der Waals surface area (Å²) in [5.41, 5.74) is 4.69. The Labute approximate surface area is 140 Å². The lowest BCUT2D eigenvalue weighted by Gasteiger charge is -2.14. The molecule has 0 bridgehead atoms. The van der Waals surface area contributed by atoms with Crippen molar-refractivity contribution in [3.63, 3.8) is 0 Å². The number of carbonyl (C=O) groups is 1. The molecule has 5 nitrogen and oxygen atoms in total. The lowest BCUT2D eigenvalue weighted by molar-refractivity contribution is -0.138. The van der Waals surface area contributed by atoms with Gasteiger partial charge >= 0.3 is 6.18 Å². The van der Waals surface area contributed by atoms with Crippen LogP contribution in [0.3, 0.4) is 0 Å². The third-order valence-corrected chi connectivity index (χ3v) is 4.11. The molecule has 0 saturated heterocycles. The highest BCUT2D eigenvalue weighted by molar-refractivity contribution is 7.09. The topological polar surface area (TPSA) is 77.2 Å². The van der Waals surface area contributed by atoms with Gasteiger partial charge in [-0.1, -0.05) is 6.07 Å². The van der Waals surface area contributed by atoms with Crippen LogP contribution in [0.2, 0.25) is 0 Å². The molecule has 1 heterocycles. The van der Waals surface area contributed by atoms with Crippen molar-refractivity contribution in [2.75, 3.05) is 13.7 Å². The highest BCUT2D eigenvalue weighted by atomic mass is 32.1. The van der Waals surface area contributed by atoms with E-state index in [2.05, 4.69) is 10.3 Å². The van der Waals surface area contributed by atoms with Crippen LogP contribution in [0.15, 0.2) is 23.6 Å². The minimum atomic E-state index is -4.54. The van der Waals surface area contributed by atoms with Gasteiger partial charge < -0.3 is 15.8 Å². The first-order chi connectivity index (χ1) is 11.3. The molecule has 0 fully saturated rings. The second-order valence-electron chi connectivity index (χ2n) is 4.87. The fourth-order valence-electron chi connectivity index (χ4n) is 2.02. The summed E-state index contributed by atoms with van der Waals surface area (Å²) in [6, 6.07) is 3.60. The number of nitrogens with one attached hydrogen (secondary N) is 1. The number of halogens is 3. The SMILES string of the molecule is COc1ccc(CNC(=O)c2csc(CCN)n2)c(C(F)(F)F)c1. The van der Waals surface area contributed by atoms with Crippen molar-refractivity contribution >= 4 is 17.2 Å². The van der Waals surface area contributed by atoms with E-state index in [0.717, 1.165) is 6.07 Å². The Kier molecular flexibility index (Phi) is 5.79. The number of rotatable bonds is 6. The third kappa shape index (κ3) is 4.45. The summed E-state index contributed by atoms with van der Waals surface area (Å²) in [6.45, 7) is 0.150. The Balaban J connectivity index is 2.11. The second kappa shape index (κ2) is 7.63. The van der Waals surface area contributed by atoms with Gasteiger partial charge in [0.15, 0.2) is 0 Å². The first kappa shape index (κ1) is 18.2. The van der Waals surface area contributed by atoms with Crippen molar-refractivity contribution < 1.29 is 22.7 Å². The smallest absolute Gasteiger partial charge is 0.416 e. The molecule has 0 atom stereocenters. The van der Waals surface area contributed by atoms with Gasteiger partial charge in [0.1, 0.15) is 11.4 Å². The monoisotopic (exact) mass is 359 g/mol. The molecule has 130 valence electrons. The van der Waals surface area contributed by atoms with E-state index < -0.39 is 17.6 Å². The van der Waals surface area contributed by atoms with Gasteiger partial charge in [-0.2, -0.15) is 13.2 Å². The average molecular weight is 359 g/mol. The standard InChI is InChI=1S/C15H16F3N3O2S/c1-23-10-3-2-9(11(6-10)15(16,17)18)7-20-14(22)12-8-24-13(21-12)4-5-19/h2-3,6,8H,4-5,7,19H2,1H3,(H,20,22). The van der Waals surface area contributed by atoms with Crippen molar-refractivity contribution in [1.82, 2.24) is 10.3 Å². The van der Waals surface area contributed by atoms with Crippen LogP contribution in [0.1, 0.15) is 26.6 Å². The molecule has 1 amide bonds. The number of hydrogen-bond acceptors (Lipinski definition) is 5. The maximum atomic E-state index is 13.1. The van der Waals surface area contributed by atoms with E-state index in [0.29, 0.717) is 18.0 Å². The van der Waals surface area contributed by atoms with E-state index in [-0.39, 0.29) is 23.6 Å². The largest absolute Gasteiger partial charge is 0.497 e. The molecule has 0 aliphatic rings. The predicted molar refractivity (Wildman–Crippen MR) is 84.0 cm³/mol. The molecule has 3 N–H and O–H groups in total. The van der Waals surface area contributed by atoms with Crippen LogP contribution >= 0.6 is 11.3 Å². The van der Waals surface area contributed by atoms with Crippen molar-refractivity contribution in [3.05, 3.63) is 45.4 Å². The quantitative estimate of drug-likeness (QED) is 0.831. The van der Waals surface area contributed by atoms with E-state index in [1.165, 1.54) is 30.6 Å². The number of aromatic nitrogens is 1. The molecular formula is C15H16F3N3O2S. The maximum absolute atomic E-state index is 13.1. The fourth-order valence-corrected chi connectivity index (χ4v) is 2.81. The van der Waals surface area contributed by atoms with Gasteiger partial charge in [-0.25, -0.2) is 4.98 Å². The zero-order valence-electron chi connectivity index (χ0n) is 12.8. The van der Waals surface area contributed by atoms with E-state index in [4.69, 9.17) is 10.5 Å². The molecular weight excluding hydrogens is 343 g/mol. The number of nitrogens with zero attached hydrogens (tertiary/aromatic N) is 1. The van der Waals surface area contributed by atoms with Crippen LogP contribution in [0.5, 0.6) is 5.75 Å². The lowest BCUT2D eigenvalue weighted by Crippen LogP contribution is -2.25. The number of benzene rings is 1. The summed E-state index contributed by atoms with van der Waals surface area (Å²) < 4.78 is 44.1. The highest BCUT2D eigenvalue weighted by Gasteiger charge is 2.33.